The Morgan fingerprint density at radius 1 is 1.44 bits per heavy atom. The van der Waals surface area contributed by atoms with E-state index in [1.54, 1.807) is 18.2 Å². The number of nitriles is 1. The normalized spacial score (nSPS) is 12.6. The fourth-order valence-corrected chi connectivity index (χ4v) is 1.89. The molecule has 0 aliphatic rings. The van der Waals surface area contributed by atoms with E-state index in [-0.39, 0.29) is 0 Å². The fraction of sp³-hybridized carbons (Fsp3) is 0.333. The first-order valence-corrected chi connectivity index (χ1v) is 7.19. The number of nitrogens with zero attached hydrogens (tertiary/aromatic N) is 2. The highest BCUT2D eigenvalue weighted by Gasteiger charge is 2.27. The Balaban J connectivity index is 3.04. The number of hydrogen-bond donors (Lipinski definition) is 0. The highest BCUT2D eigenvalue weighted by atomic mass is 32.2. The van der Waals surface area contributed by atoms with Crippen LogP contribution in [0, 0.1) is 11.3 Å². The fourth-order valence-electron chi connectivity index (χ4n) is 1.37. The smallest absolute Gasteiger partial charge is 0.244 e. The quantitative estimate of drug-likeness (QED) is 0.816. The molecule has 1 atom stereocenters. The van der Waals surface area contributed by atoms with Gasteiger partial charge in [0.2, 0.25) is 5.91 Å². The van der Waals surface area contributed by atoms with Crippen molar-refractivity contribution >= 4 is 21.4 Å². The molecule has 1 aromatic rings. The maximum Gasteiger partial charge on any atom is 0.244 e. The van der Waals surface area contributed by atoms with Gasteiger partial charge in [0.25, 0.3) is 0 Å². The van der Waals surface area contributed by atoms with Gasteiger partial charge in [-0.05, 0) is 25.1 Å². The molecule has 0 N–H and O–H groups in total. The third-order valence-electron chi connectivity index (χ3n) is 2.68. The Morgan fingerprint density at radius 2 is 2.06 bits per heavy atom. The lowest BCUT2D eigenvalue weighted by atomic mass is 10.2. The van der Waals surface area contributed by atoms with Crippen LogP contribution in [-0.4, -0.2) is 32.9 Å². The number of sulfone groups is 1. The van der Waals surface area contributed by atoms with E-state index in [0.29, 0.717) is 11.3 Å². The van der Waals surface area contributed by atoms with Crippen molar-refractivity contribution < 1.29 is 13.2 Å². The van der Waals surface area contributed by atoms with Crippen LogP contribution in [0.4, 0.5) is 5.69 Å². The van der Waals surface area contributed by atoms with Crippen LogP contribution in [-0.2, 0) is 14.6 Å². The van der Waals surface area contributed by atoms with Crippen molar-refractivity contribution in [3.63, 3.8) is 0 Å². The lowest BCUT2D eigenvalue weighted by Crippen LogP contribution is -2.38. The molecule has 5 nitrogen and oxygen atoms in total. The molecule has 0 radical (unpaired) electrons. The summed E-state index contributed by atoms with van der Waals surface area (Å²) in [6.45, 7) is 1.35. The predicted molar refractivity (Wildman–Crippen MR) is 68.9 cm³/mol. The molecule has 6 heteroatoms. The molecule has 1 amide bonds. The molecular weight excluding hydrogens is 252 g/mol. The Bertz CT molecular complexity index is 602. The van der Waals surface area contributed by atoms with E-state index in [9.17, 15) is 13.2 Å². The first-order valence-electron chi connectivity index (χ1n) is 5.24. The summed E-state index contributed by atoms with van der Waals surface area (Å²) in [4.78, 5) is 13.2. The van der Waals surface area contributed by atoms with Gasteiger partial charge in [-0.15, -0.1) is 0 Å². The topological polar surface area (TPSA) is 78.2 Å². The number of carbonyl (C=O) groups excluding carboxylic acids is 1. The molecule has 0 saturated heterocycles. The predicted octanol–water partition coefficient (Wildman–Crippen LogP) is 0.954. The average Bonchev–Trinajstić information content (AvgIpc) is 2.35. The van der Waals surface area contributed by atoms with Gasteiger partial charge in [0.05, 0.1) is 11.6 Å². The molecular formula is C12H14N2O3S. The highest BCUT2D eigenvalue weighted by molar-refractivity contribution is 7.92. The Hall–Kier alpha value is -1.87. The molecule has 0 aliphatic carbocycles. The van der Waals surface area contributed by atoms with Gasteiger partial charge < -0.3 is 4.90 Å². The van der Waals surface area contributed by atoms with Crippen molar-refractivity contribution in [1.29, 1.82) is 5.26 Å². The van der Waals surface area contributed by atoms with Crippen LogP contribution in [0.2, 0.25) is 0 Å². The number of amides is 1. The lowest BCUT2D eigenvalue weighted by molar-refractivity contribution is -0.117. The Kier molecular flexibility index (Phi) is 4.09. The van der Waals surface area contributed by atoms with E-state index in [0.717, 1.165) is 6.26 Å². The average molecular weight is 266 g/mol. The van der Waals surface area contributed by atoms with Crippen molar-refractivity contribution in [2.75, 3.05) is 18.2 Å². The molecule has 0 spiro atoms. The second-order valence-corrected chi connectivity index (χ2v) is 6.40. The molecule has 0 heterocycles. The van der Waals surface area contributed by atoms with Gasteiger partial charge in [-0.1, -0.05) is 6.07 Å². The van der Waals surface area contributed by atoms with Crippen molar-refractivity contribution in [2.45, 2.75) is 12.2 Å². The molecule has 18 heavy (non-hydrogen) atoms. The molecule has 0 fully saturated rings. The molecule has 0 aromatic heterocycles. The zero-order chi connectivity index (χ0) is 13.9. The molecule has 96 valence electrons. The summed E-state index contributed by atoms with van der Waals surface area (Å²) in [6.07, 6.45) is 1.02. The van der Waals surface area contributed by atoms with E-state index >= 15 is 0 Å². The van der Waals surface area contributed by atoms with Crippen molar-refractivity contribution in [3.05, 3.63) is 29.8 Å². The number of hydrogen-bond acceptors (Lipinski definition) is 4. The summed E-state index contributed by atoms with van der Waals surface area (Å²) in [5, 5.41) is 7.67. The first-order chi connectivity index (χ1) is 8.27. The highest BCUT2D eigenvalue weighted by Crippen LogP contribution is 2.16. The number of rotatable bonds is 3. The van der Waals surface area contributed by atoms with Gasteiger partial charge in [-0.25, -0.2) is 8.42 Å². The summed E-state index contributed by atoms with van der Waals surface area (Å²) in [5.41, 5.74) is 0.911. The molecule has 0 saturated carbocycles. The molecule has 1 unspecified atom stereocenters. The van der Waals surface area contributed by atoms with Gasteiger partial charge in [0, 0.05) is 19.0 Å². The van der Waals surface area contributed by atoms with E-state index in [1.807, 2.05) is 6.07 Å². The summed E-state index contributed by atoms with van der Waals surface area (Å²) in [5.74, 6) is -0.521. The minimum Gasteiger partial charge on any atom is -0.314 e. The second kappa shape index (κ2) is 5.19. The van der Waals surface area contributed by atoms with Crippen LogP contribution >= 0.6 is 0 Å². The van der Waals surface area contributed by atoms with Gasteiger partial charge in [-0.3, -0.25) is 4.79 Å². The number of benzene rings is 1. The molecule has 0 aliphatic heterocycles. The van der Waals surface area contributed by atoms with E-state index in [1.165, 1.54) is 24.9 Å². The zero-order valence-corrected chi connectivity index (χ0v) is 11.2. The monoisotopic (exact) mass is 266 g/mol. The molecule has 1 aromatic carbocycles. The largest absolute Gasteiger partial charge is 0.314 e. The Labute approximate surface area is 107 Å². The minimum absolute atomic E-state index is 0.416. The van der Waals surface area contributed by atoms with Gasteiger partial charge in [-0.2, -0.15) is 5.26 Å². The maximum absolute atomic E-state index is 12.0. The summed E-state index contributed by atoms with van der Waals surface area (Å²) in [7, 11) is -1.94. The number of anilines is 1. The van der Waals surface area contributed by atoms with Crippen molar-refractivity contribution in [2.24, 2.45) is 0 Å². The maximum atomic E-state index is 12.0. The third kappa shape index (κ3) is 3.08. The molecule has 1 rings (SSSR count). The van der Waals surface area contributed by atoms with E-state index in [4.69, 9.17) is 5.26 Å². The second-order valence-electron chi connectivity index (χ2n) is 4.03. The van der Waals surface area contributed by atoms with Crippen molar-refractivity contribution in [1.82, 2.24) is 0 Å². The minimum atomic E-state index is -3.43. The Morgan fingerprint density at radius 3 is 2.56 bits per heavy atom. The van der Waals surface area contributed by atoms with Crippen LogP contribution < -0.4 is 4.90 Å². The summed E-state index contributed by atoms with van der Waals surface area (Å²) < 4.78 is 22.7. The van der Waals surface area contributed by atoms with Crippen molar-refractivity contribution in [3.8, 4) is 6.07 Å². The van der Waals surface area contributed by atoms with Gasteiger partial charge >= 0.3 is 0 Å². The van der Waals surface area contributed by atoms with Crippen LogP contribution in [0.1, 0.15) is 12.5 Å². The van der Waals surface area contributed by atoms with E-state index < -0.39 is 21.0 Å². The number of carbonyl (C=O) groups is 1. The standard InChI is InChI=1S/C12H14N2O3S/c1-9(18(3,16)17)12(15)14(2)11-6-4-5-10(7-11)8-13/h4-7,9H,1-3H3. The summed E-state index contributed by atoms with van der Waals surface area (Å²) >= 11 is 0. The SMILES string of the molecule is CC(C(=O)N(C)c1cccc(C#N)c1)S(C)(=O)=O. The van der Waals surface area contributed by atoms with Crippen LogP contribution in [0.25, 0.3) is 0 Å². The van der Waals surface area contributed by atoms with E-state index in [2.05, 4.69) is 0 Å². The van der Waals surface area contributed by atoms with Gasteiger partial charge in [0.1, 0.15) is 5.25 Å². The zero-order valence-electron chi connectivity index (χ0n) is 10.4. The van der Waals surface area contributed by atoms with Crippen LogP contribution in [0.15, 0.2) is 24.3 Å². The van der Waals surface area contributed by atoms with Crippen LogP contribution in [0.3, 0.4) is 0 Å². The molecule has 0 bridgehead atoms. The summed E-state index contributed by atoms with van der Waals surface area (Å²) in [6, 6.07) is 8.40. The van der Waals surface area contributed by atoms with Gasteiger partial charge in [0.15, 0.2) is 9.84 Å². The third-order valence-corrected chi connectivity index (χ3v) is 4.17. The lowest BCUT2D eigenvalue weighted by Gasteiger charge is -2.20. The van der Waals surface area contributed by atoms with Crippen LogP contribution in [0.5, 0.6) is 0 Å². The first kappa shape index (κ1) is 14.2.